The van der Waals surface area contributed by atoms with Crippen LogP contribution in [0.2, 0.25) is 10.0 Å². The number of ether oxygens (including phenoxy) is 2. The summed E-state index contributed by atoms with van der Waals surface area (Å²) in [4.78, 5) is 36.9. The maximum atomic E-state index is 13.4. The summed E-state index contributed by atoms with van der Waals surface area (Å²) in [7, 11) is 3.04. The fourth-order valence-electron chi connectivity index (χ4n) is 4.53. The van der Waals surface area contributed by atoms with Crippen molar-refractivity contribution in [2.75, 3.05) is 26.1 Å². The average Bonchev–Trinajstić information content (AvgIpc) is 3.67. The van der Waals surface area contributed by atoms with Crippen molar-refractivity contribution < 1.29 is 19.1 Å². The predicted molar refractivity (Wildman–Crippen MR) is 155 cm³/mol. The van der Waals surface area contributed by atoms with Crippen molar-refractivity contribution in [3.63, 3.8) is 0 Å². The van der Waals surface area contributed by atoms with E-state index < -0.39 is 0 Å². The van der Waals surface area contributed by atoms with Gasteiger partial charge in [0.05, 0.1) is 52.5 Å². The van der Waals surface area contributed by atoms with Crippen LogP contribution < -0.4 is 5.32 Å². The second kappa shape index (κ2) is 12.2. The molecule has 2 aromatic heterocycles. The van der Waals surface area contributed by atoms with Gasteiger partial charge in [0.1, 0.15) is 10.5 Å². The molecule has 1 fully saturated rings. The SMILES string of the molecule is COC(=O)CCc1cnc([C@@H]2C[C@H](OC)CN2C(=O)Cc2ccc(Nc3nc4c(Cl)cccc4s3)c(Cl)c2)s1. The first-order valence-electron chi connectivity index (χ1n) is 12.3. The Labute approximate surface area is 243 Å². The van der Waals surface area contributed by atoms with Crippen LogP contribution in [-0.4, -0.2) is 53.6 Å². The maximum absolute atomic E-state index is 13.4. The molecule has 39 heavy (non-hydrogen) atoms. The van der Waals surface area contributed by atoms with E-state index in [-0.39, 0.29) is 30.4 Å². The number of carbonyl (C=O) groups is 2. The van der Waals surface area contributed by atoms with Gasteiger partial charge in [-0.3, -0.25) is 9.59 Å². The molecule has 0 unspecified atom stereocenters. The van der Waals surface area contributed by atoms with Gasteiger partial charge >= 0.3 is 5.97 Å². The lowest BCUT2D eigenvalue weighted by Crippen LogP contribution is -2.33. The van der Waals surface area contributed by atoms with Crippen molar-refractivity contribution in [1.82, 2.24) is 14.9 Å². The first-order valence-corrected chi connectivity index (χ1v) is 14.7. The summed E-state index contributed by atoms with van der Waals surface area (Å²) in [6.07, 6.45) is 3.42. The van der Waals surface area contributed by atoms with E-state index in [2.05, 4.69) is 15.3 Å². The van der Waals surface area contributed by atoms with Crippen molar-refractivity contribution in [1.29, 1.82) is 0 Å². The number of para-hydroxylation sites is 1. The number of hydrogen-bond acceptors (Lipinski definition) is 9. The summed E-state index contributed by atoms with van der Waals surface area (Å²) in [6.45, 7) is 0.491. The molecule has 12 heteroatoms. The van der Waals surface area contributed by atoms with E-state index in [1.165, 1.54) is 29.8 Å². The number of hydrogen-bond donors (Lipinski definition) is 1. The van der Waals surface area contributed by atoms with Gasteiger partial charge in [-0.25, -0.2) is 9.97 Å². The van der Waals surface area contributed by atoms with Crippen molar-refractivity contribution in [3.05, 3.63) is 68.1 Å². The molecule has 4 aromatic rings. The number of nitrogens with one attached hydrogen (secondary N) is 1. The fourth-order valence-corrected chi connectivity index (χ4v) is 7.00. The van der Waals surface area contributed by atoms with E-state index in [1.54, 1.807) is 19.4 Å². The van der Waals surface area contributed by atoms with Gasteiger partial charge in [0.15, 0.2) is 5.13 Å². The molecule has 0 spiro atoms. The molecule has 1 aliphatic rings. The number of nitrogens with zero attached hydrogens (tertiary/aromatic N) is 3. The van der Waals surface area contributed by atoms with Crippen LogP contribution in [0.1, 0.15) is 34.3 Å². The van der Waals surface area contributed by atoms with E-state index >= 15 is 0 Å². The van der Waals surface area contributed by atoms with Crippen LogP contribution in [0, 0.1) is 0 Å². The van der Waals surface area contributed by atoms with Gasteiger partial charge < -0.3 is 19.7 Å². The van der Waals surface area contributed by atoms with Crippen molar-refractivity contribution in [2.45, 2.75) is 37.8 Å². The number of halogens is 2. The van der Waals surface area contributed by atoms with Crippen LogP contribution in [0.3, 0.4) is 0 Å². The third-order valence-corrected chi connectivity index (χ3v) is 9.29. The Morgan fingerprint density at radius 3 is 2.74 bits per heavy atom. The lowest BCUT2D eigenvalue weighted by molar-refractivity contribution is -0.140. The normalized spacial score (nSPS) is 17.1. The van der Waals surface area contributed by atoms with Crippen molar-refractivity contribution in [3.8, 4) is 0 Å². The first-order chi connectivity index (χ1) is 18.8. The highest BCUT2D eigenvalue weighted by molar-refractivity contribution is 7.22. The van der Waals surface area contributed by atoms with Crippen LogP contribution in [-0.2, 0) is 31.9 Å². The lowest BCUT2D eigenvalue weighted by Gasteiger charge is -2.23. The molecule has 5 rings (SSSR count). The van der Waals surface area contributed by atoms with Gasteiger partial charge in [0, 0.05) is 31.1 Å². The molecule has 1 saturated heterocycles. The van der Waals surface area contributed by atoms with Crippen LogP contribution in [0.15, 0.2) is 42.6 Å². The maximum Gasteiger partial charge on any atom is 0.305 e. The number of rotatable bonds is 9. The summed E-state index contributed by atoms with van der Waals surface area (Å²) in [5.41, 5.74) is 2.25. The average molecular weight is 606 g/mol. The Morgan fingerprint density at radius 1 is 1.15 bits per heavy atom. The fraction of sp³-hybridized carbons (Fsp3) is 0.333. The summed E-state index contributed by atoms with van der Waals surface area (Å²) in [5.74, 6) is -0.283. The minimum Gasteiger partial charge on any atom is -0.469 e. The zero-order valence-corrected chi connectivity index (χ0v) is 24.4. The zero-order chi connectivity index (χ0) is 27.5. The van der Waals surface area contributed by atoms with Crippen molar-refractivity contribution in [2.24, 2.45) is 0 Å². The number of amides is 1. The number of esters is 1. The molecular formula is C27H26Cl2N4O4S2. The van der Waals surface area contributed by atoms with Gasteiger partial charge in [-0.05, 0) is 36.2 Å². The van der Waals surface area contributed by atoms with E-state index in [0.717, 1.165) is 25.7 Å². The van der Waals surface area contributed by atoms with Gasteiger partial charge in [0.2, 0.25) is 5.91 Å². The minimum atomic E-state index is -0.258. The van der Waals surface area contributed by atoms with Crippen LogP contribution in [0.5, 0.6) is 0 Å². The van der Waals surface area contributed by atoms with Gasteiger partial charge in [-0.2, -0.15) is 0 Å². The van der Waals surface area contributed by atoms with Crippen LogP contribution in [0.4, 0.5) is 10.8 Å². The Bertz CT molecular complexity index is 1510. The summed E-state index contributed by atoms with van der Waals surface area (Å²) < 4.78 is 11.3. The molecule has 0 aliphatic carbocycles. The standard InChI is InChI=1S/C27H26Cl2N4O4S2/c1-36-16-12-21(26-30-13-17(38-26)7-9-24(35)37-2)33(14-16)23(34)11-15-6-8-20(19(29)10-15)31-27-32-25-18(28)4-3-5-22(25)39-27/h3-6,8,10,13,16,21H,7,9,11-12,14H2,1-2H3,(H,31,32)/t16-,21-/m0/s1. The molecule has 0 saturated carbocycles. The molecule has 1 amide bonds. The highest BCUT2D eigenvalue weighted by Crippen LogP contribution is 2.37. The highest BCUT2D eigenvalue weighted by atomic mass is 35.5. The Hall–Kier alpha value is -2.76. The molecule has 8 nitrogen and oxygen atoms in total. The largest absolute Gasteiger partial charge is 0.469 e. The topological polar surface area (TPSA) is 93.7 Å². The number of aromatic nitrogens is 2. The number of aryl methyl sites for hydroxylation is 1. The van der Waals surface area contributed by atoms with E-state index in [9.17, 15) is 9.59 Å². The quantitative estimate of drug-likeness (QED) is 0.220. The van der Waals surface area contributed by atoms with E-state index in [4.69, 9.17) is 32.7 Å². The first kappa shape index (κ1) is 27.8. The predicted octanol–water partition coefficient (Wildman–Crippen LogP) is 6.44. The van der Waals surface area contributed by atoms with Crippen molar-refractivity contribution >= 4 is 78.8 Å². The third-order valence-electron chi connectivity index (χ3n) is 6.58. The number of fused-ring (bicyclic) bond motifs is 1. The molecule has 2 aromatic carbocycles. The van der Waals surface area contributed by atoms with E-state index in [1.807, 2.05) is 35.2 Å². The molecule has 204 valence electrons. The highest BCUT2D eigenvalue weighted by Gasteiger charge is 2.38. The number of carbonyl (C=O) groups excluding carboxylic acids is 2. The lowest BCUT2D eigenvalue weighted by atomic mass is 10.1. The molecule has 1 N–H and O–H groups in total. The monoisotopic (exact) mass is 604 g/mol. The smallest absolute Gasteiger partial charge is 0.305 e. The molecule has 0 radical (unpaired) electrons. The number of methoxy groups -OCH3 is 2. The summed E-state index contributed by atoms with van der Waals surface area (Å²) in [5, 5.41) is 5.88. The number of thiazole rings is 2. The molecule has 1 aliphatic heterocycles. The molecule has 2 atom stereocenters. The number of anilines is 2. The number of benzene rings is 2. The third kappa shape index (κ3) is 6.36. The molecule has 0 bridgehead atoms. The Balaban J connectivity index is 1.27. The number of likely N-dealkylation sites (tertiary alicyclic amines) is 1. The summed E-state index contributed by atoms with van der Waals surface area (Å²) in [6, 6.07) is 11.0. The second-order valence-corrected chi connectivity index (χ2v) is 12.1. The van der Waals surface area contributed by atoms with Gasteiger partial charge in [-0.15, -0.1) is 11.3 Å². The Morgan fingerprint density at radius 2 is 2.00 bits per heavy atom. The van der Waals surface area contributed by atoms with Gasteiger partial charge in [0.25, 0.3) is 0 Å². The molecule has 3 heterocycles. The minimum absolute atomic E-state index is 0.0246. The van der Waals surface area contributed by atoms with Crippen LogP contribution in [0.25, 0.3) is 10.2 Å². The van der Waals surface area contributed by atoms with Gasteiger partial charge in [-0.1, -0.05) is 46.7 Å². The summed E-state index contributed by atoms with van der Waals surface area (Å²) >= 11 is 15.9. The second-order valence-electron chi connectivity index (χ2n) is 9.12. The zero-order valence-electron chi connectivity index (χ0n) is 21.3. The Kier molecular flexibility index (Phi) is 8.68. The van der Waals surface area contributed by atoms with E-state index in [0.29, 0.717) is 46.7 Å². The molecular weight excluding hydrogens is 579 g/mol. The van der Waals surface area contributed by atoms with Crippen LogP contribution >= 0.6 is 45.9 Å².